The molecular weight excluding hydrogens is 426 g/mol. The van der Waals surface area contributed by atoms with Crippen molar-refractivity contribution in [2.45, 2.75) is 12.6 Å². The van der Waals surface area contributed by atoms with Crippen molar-refractivity contribution < 1.29 is 23.9 Å². The third kappa shape index (κ3) is 3.18. The van der Waals surface area contributed by atoms with Gasteiger partial charge in [0.1, 0.15) is 6.17 Å². The molecule has 10 heteroatoms. The van der Waals surface area contributed by atoms with E-state index in [1.807, 2.05) is 0 Å². The second-order valence-corrected chi connectivity index (χ2v) is 7.57. The molecule has 0 aliphatic carbocycles. The van der Waals surface area contributed by atoms with Crippen LogP contribution in [0.5, 0.6) is 11.5 Å². The van der Waals surface area contributed by atoms with Crippen molar-refractivity contribution >= 4 is 29.4 Å². The van der Waals surface area contributed by atoms with Crippen LogP contribution in [0.25, 0.3) is 0 Å². The van der Waals surface area contributed by atoms with Gasteiger partial charge in [0, 0.05) is 30.9 Å². The highest BCUT2D eigenvalue weighted by atomic mass is 16.5. The van der Waals surface area contributed by atoms with Gasteiger partial charge >= 0.3 is 0 Å². The van der Waals surface area contributed by atoms with E-state index in [0.717, 1.165) is 0 Å². The third-order valence-electron chi connectivity index (χ3n) is 5.82. The summed E-state index contributed by atoms with van der Waals surface area (Å²) in [6, 6.07) is 10.4. The number of nitrogens with zero attached hydrogens (tertiary/aromatic N) is 3. The number of aromatic amines is 1. The summed E-state index contributed by atoms with van der Waals surface area (Å²) in [6.45, 7) is 0.0991. The van der Waals surface area contributed by atoms with Gasteiger partial charge in [-0.05, 0) is 18.2 Å². The number of benzene rings is 2. The molecule has 0 fully saturated rings. The van der Waals surface area contributed by atoms with Gasteiger partial charge in [0.05, 0.1) is 31.0 Å². The molecule has 2 N–H and O–H groups in total. The lowest BCUT2D eigenvalue weighted by Crippen LogP contribution is -2.49. The summed E-state index contributed by atoms with van der Waals surface area (Å²) >= 11 is 0. The number of hydrogen-bond acceptors (Lipinski definition) is 6. The predicted octanol–water partition coefficient (Wildman–Crippen LogP) is 2.57. The molecule has 0 bridgehead atoms. The van der Waals surface area contributed by atoms with Crippen LogP contribution in [0.1, 0.15) is 38.9 Å². The number of rotatable bonds is 6. The highest BCUT2D eigenvalue weighted by molar-refractivity contribution is 6.18. The summed E-state index contributed by atoms with van der Waals surface area (Å²) in [7, 11) is 2.97. The van der Waals surface area contributed by atoms with E-state index in [0.29, 0.717) is 39.8 Å². The first-order valence-corrected chi connectivity index (χ1v) is 10.3. The predicted molar refractivity (Wildman–Crippen MR) is 118 cm³/mol. The summed E-state index contributed by atoms with van der Waals surface area (Å²) in [4.78, 5) is 49.4. The lowest BCUT2D eigenvalue weighted by atomic mass is 10.0. The molecule has 1 aromatic heterocycles. The second kappa shape index (κ2) is 7.97. The smallest absolute Gasteiger partial charge is 0.264 e. The maximum absolute atomic E-state index is 13.6. The molecule has 3 amide bonds. The molecule has 10 nitrogen and oxygen atoms in total. The van der Waals surface area contributed by atoms with E-state index in [9.17, 15) is 14.4 Å². The van der Waals surface area contributed by atoms with Crippen molar-refractivity contribution in [3.05, 3.63) is 65.5 Å². The minimum atomic E-state index is -0.703. The Morgan fingerprint density at radius 1 is 1.12 bits per heavy atom. The topological polar surface area (TPSA) is 117 Å². The van der Waals surface area contributed by atoms with Gasteiger partial charge in [-0.2, -0.15) is 0 Å². The number of fused-ring (bicyclic) bond motifs is 5. The van der Waals surface area contributed by atoms with Crippen LogP contribution < -0.4 is 19.7 Å². The van der Waals surface area contributed by atoms with Crippen molar-refractivity contribution in [3.63, 3.8) is 0 Å². The summed E-state index contributed by atoms with van der Waals surface area (Å²) in [5.74, 6) is 0.210. The van der Waals surface area contributed by atoms with Crippen molar-refractivity contribution in [3.8, 4) is 11.5 Å². The molecule has 5 rings (SSSR count). The molecule has 168 valence electrons. The maximum atomic E-state index is 13.6. The number of amides is 3. The average Bonchev–Trinajstić information content (AvgIpc) is 3.44. The van der Waals surface area contributed by atoms with Crippen molar-refractivity contribution in [2.24, 2.45) is 0 Å². The fraction of sp³-hybridized carbons (Fsp3) is 0.217. The van der Waals surface area contributed by atoms with Crippen LogP contribution in [-0.4, -0.2) is 53.4 Å². The fourth-order valence-corrected chi connectivity index (χ4v) is 4.40. The zero-order valence-corrected chi connectivity index (χ0v) is 18.0. The Labute approximate surface area is 189 Å². The highest BCUT2D eigenvalue weighted by Gasteiger charge is 2.49. The number of aromatic nitrogens is 2. The normalized spacial score (nSPS) is 16.2. The molecule has 0 spiro atoms. The van der Waals surface area contributed by atoms with E-state index < -0.39 is 6.17 Å². The Kier molecular flexibility index (Phi) is 4.97. The van der Waals surface area contributed by atoms with Crippen LogP contribution in [0.15, 0.2) is 48.8 Å². The van der Waals surface area contributed by atoms with E-state index in [4.69, 9.17) is 9.47 Å². The molecular formula is C23H21N5O5. The number of carbonyl (C=O) groups is 3. The van der Waals surface area contributed by atoms with Gasteiger partial charge in [-0.15, -0.1) is 0 Å². The monoisotopic (exact) mass is 447 g/mol. The molecule has 3 aromatic rings. The average molecular weight is 447 g/mol. The second-order valence-electron chi connectivity index (χ2n) is 7.57. The molecule has 0 radical (unpaired) electrons. The molecule has 2 aliphatic rings. The quantitative estimate of drug-likeness (QED) is 0.600. The Morgan fingerprint density at radius 3 is 2.67 bits per heavy atom. The van der Waals surface area contributed by atoms with E-state index in [1.54, 1.807) is 52.4 Å². The van der Waals surface area contributed by atoms with Gasteiger partial charge in [0.25, 0.3) is 11.8 Å². The van der Waals surface area contributed by atoms with E-state index >= 15 is 0 Å². The largest absolute Gasteiger partial charge is 0.493 e. The van der Waals surface area contributed by atoms with Gasteiger partial charge in [-0.1, -0.05) is 18.2 Å². The van der Waals surface area contributed by atoms with Gasteiger partial charge in [-0.3, -0.25) is 24.6 Å². The zero-order chi connectivity index (χ0) is 23.1. The number of methoxy groups -OCH3 is 2. The fourth-order valence-electron chi connectivity index (χ4n) is 4.40. The number of nitrogens with one attached hydrogen (secondary N) is 2. The van der Waals surface area contributed by atoms with Crippen LogP contribution in [-0.2, 0) is 4.79 Å². The first-order valence-electron chi connectivity index (χ1n) is 10.3. The van der Waals surface area contributed by atoms with Gasteiger partial charge in [0.2, 0.25) is 11.9 Å². The molecule has 2 aromatic carbocycles. The first-order chi connectivity index (χ1) is 16.0. The van der Waals surface area contributed by atoms with Gasteiger partial charge in [-0.25, -0.2) is 4.98 Å². The summed E-state index contributed by atoms with van der Waals surface area (Å²) in [5, 5.41) is 2.66. The minimum Gasteiger partial charge on any atom is -0.493 e. The lowest BCUT2D eigenvalue weighted by Gasteiger charge is -2.40. The standard InChI is InChI=1S/C23H21N5O5/c1-32-16-8-7-14-18(19(16)33-2)22(31)28-15-6-4-3-5-13(15)21(30)27(20(14)28)12-9-17(29)26-23-24-10-11-25-23/h3-8,10-11,20H,9,12H2,1-2H3,(H2,24,25,26,29)/t20-/m0/s1. The van der Waals surface area contributed by atoms with E-state index in [1.165, 1.54) is 20.4 Å². The number of carbonyl (C=O) groups excluding carboxylic acids is 3. The van der Waals surface area contributed by atoms with Crippen molar-refractivity contribution in [1.82, 2.24) is 14.9 Å². The van der Waals surface area contributed by atoms with E-state index in [2.05, 4.69) is 15.3 Å². The number of imidazole rings is 1. The third-order valence-corrected chi connectivity index (χ3v) is 5.82. The zero-order valence-electron chi connectivity index (χ0n) is 18.0. The Hall–Kier alpha value is -4.34. The molecule has 0 saturated carbocycles. The van der Waals surface area contributed by atoms with Crippen molar-refractivity contribution in [1.29, 1.82) is 0 Å². The molecule has 0 unspecified atom stereocenters. The van der Waals surface area contributed by atoms with Crippen LogP contribution in [0, 0.1) is 0 Å². The van der Waals surface area contributed by atoms with Crippen molar-refractivity contribution in [2.75, 3.05) is 31.0 Å². The minimum absolute atomic E-state index is 0.0236. The van der Waals surface area contributed by atoms with Crippen LogP contribution >= 0.6 is 0 Å². The molecule has 2 aliphatic heterocycles. The Bertz CT molecular complexity index is 1260. The van der Waals surface area contributed by atoms with Crippen LogP contribution in [0.2, 0.25) is 0 Å². The first kappa shape index (κ1) is 20.6. The van der Waals surface area contributed by atoms with Gasteiger partial charge in [0.15, 0.2) is 11.5 Å². The molecule has 0 saturated heterocycles. The molecule has 3 heterocycles. The number of ether oxygens (including phenoxy) is 2. The summed E-state index contributed by atoms with van der Waals surface area (Å²) < 4.78 is 10.9. The number of para-hydroxylation sites is 1. The van der Waals surface area contributed by atoms with Crippen LogP contribution in [0.3, 0.4) is 0 Å². The molecule has 33 heavy (non-hydrogen) atoms. The van der Waals surface area contributed by atoms with Gasteiger partial charge < -0.3 is 19.4 Å². The summed E-state index contributed by atoms with van der Waals surface area (Å²) in [5.41, 5.74) is 1.88. The van der Waals surface area contributed by atoms with E-state index in [-0.39, 0.29) is 30.7 Å². The maximum Gasteiger partial charge on any atom is 0.264 e. The Morgan fingerprint density at radius 2 is 1.94 bits per heavy atom. The number of hydrogen-bond donors (Lipinski definition) is 2. The van der Waals surface area contributed by atoms with Crippen LogP contribution in [0.4, 0.5) is 11.6 Å². The lowest BCUT2D eigenvalue weighted by molar-refractivity contribution is -0.116. The number of anilines is 2. The highest BCUT2D eigenvalue weighted by Crippen LogP contribution is 2.49. The Balaban J connectivity index is 1.55. The summed E-state index contributed by atoms with van der Waals surface area (Å²) in [6.07, 6.45) is 2.45. The number of H-pyrrole nitrogens is 1. The SMILES string of the molecule is COc1ccc2c(c1OC)C(=O)N1c3ccccc3C(=O)N(CCC(=O)Nc3ncc[nH]3)[C@H]21. The molecule has 1 atom stereocenters.